The molecule has 0 bridgehead atoms. The van der Waals surface area contributed by atoms with Gasteiger partial charge in [-0.3, -0.25) is 0 Å². The van der Waals surface area contributed by atoms with E-state index in [-0.39, 0.29) is 80.9 Å². The molecule has 0 aromatic rings. The molecule has 0 fully saturated rings. The summed E-state index contributed by atoms with van der Waals surface area (Å²) in [4.78, 5) is 0. The zero-order chi connectivity index (χ0) is 29.0. The third-order valence-corrected chi connectivity index (χ3v) is 4.63. The molecule has 0 amide bonds. The van der Waals surface area contributed by atoms with Crippen molar-refractivity contribution < 1.29 is 186 Å². The van der Waals surface area contributed by atoms with Gasteiger partial charge in [0, 0.05) is 0 Å². The van der Waals surface area contributed by atoms with Crippen LogP contribution >= 0.6 is 0 Å². The normalized spacial score (nSPS) is 15.2. The molecule has 0 aromatic heterocycles. The summed E-state index contributed by atoms with van der Waals surface area (Å²) in [5.74, 6) is -29.6. The topological polar surface area (TPSA) is 114 Å². The van der Waals surface area contributed by atoms with Crippen molar-refractivity contribution in [3.63, 3.8) is 0 Å². The monoisotopic (exact) mass is 660 g/mol. The first kappa shape index (κ1) is 44.2. The van der Waals surface area contributed by atoms with Crippen molar-refractivity contribution in [2.45, 2.75) is 46.6 Å². The van der Waals surface area contributed by atoms with Crippen LogP contribution in [-0.4, -0.2) is 72.5 Å². The smallest absolute Gasteiger partial charge is 0.743 e. The molecule has 0 saturated heterocycles. The van der Waals surface area contributed by atoms with Gasteiger partial charge in [0.15, 0.2) is 20.2 Å². The van der Waals surface area contributed by atoms with Crippen LogP contribution in [0.1, 0.15) is 0 Å². The Balaban J connectivity index is -0.000000269. The molecule has 208 valence electrons. The van der Waals surface area contributed by atoms with E-state index in [4.69, 9.17) is 0 Å². The van der Waals surface area contributed by atoms with E-state index in [1.165, 1.54) is 0 Å². The molecule has 0 spiro atoms. The summed E-state index contributed by atoms with van der Waals surface area (Å²) in [6.07, 6.45) is -14.3. The average molecular weight is 660 g/mol. The minimum absolute atomic E-state index is 0. The van der Waals surface area contributed by atoms with E-state index in [9.17, 15) is 105 Å². The molecule has 0 aliphatic rings. The summed E-state index contributed by atoms with van der Waals surface area (Å²) >= 11 is 0. The van der Waals surface area contributed by atoms with Crippen LogP contribution < -0.4 is 80.9 Å². The minimum atomic E-state index is -7.43. The average Bonchev–Trinajstić information content (AvgIpc) is 2.50. The van der Waals surface area contributed by atoms with Gasteiger partial charge < -0.3 is 9.11 Å². The third-order valence-electron chi connectivity index (χ3n) is 2.86. The fourth-order valence-corrected chi connectivity index (χ4v) is 1.92. The van der Waals surface area contributed by atoms with Gasteiger partial charge in [-0.15, -0.1) is 0 Å². The van der Waals surface area contributed by atoms with Crippen LogP contribution in [0.4, 0.5) is 79.0 Å². The molecule has 0 radical (unpaired) electrons. The second-order valence-corrected chi connectivity index (χ2v) is 8.08. The molecule has 6 nitrogen and oxygen atoms in total. The minimum Gasteiger partial charge on any atom is -0.743 e. The number of hydrogen-bond acceptors (Lipinski definition) is 6. The zero-order valence-corrected chi connectivity index (χ0v) is 22.8. The Morgan fingerprint density at radius 2 is 0.528 bits per heavy atom. The summed E-state index contributed by atoms with van der Waals surface area (Å²) in [6.45, 7) is 0. The van der Waals surface area contributed by atoms with E-state index in [1.54, 1.807) is 0 Å². The Labute approximate surface area is 250 Å². The van der Waals surface area contributed by atoms with Gasteiger partial charge in [-0.05, 0) is 0 Å². The quantitative estimate of drug-likeness (QED) is 0.184. The molecule has 0 aromatic carbocycles. The molecule has 28 heteroatoms. The van der Waals surface area contributed by atoms with E-state index in [2.05, 4.69) is 0 Å². The van der Waals surface area contributed by atoms with Crippen molar-refractivity contribution in [1.29, 1.82) is 0 Å². The first-order valence-electron chi connectivity index (χ1n) is 6.31. The predicted octanol–water partition coefficient (Wildman–Crippen LogP) is -2.08. The van der Waals surface area contributed by atoms with Crippen LogP contribution in [0.5, 0.6) is 0 Å². The Morgan fingerprint density at radius 3 is 0.611 bits per heavy atom. The second-order valence-electron chi connectivity index (χ2n) is 5.23. The SMILES string of the molecule is O=S(=O)([O-])C(F)(F)C(F)(F)C(F)(F)C(F)(F)F.O=S(=O)([O-])C(F)(F)C(F)(F)C(F)(F)C(F)(F)F.[K+].[Na+]. The maximum atomic E-state index is 12.2. The van der Waals surface area contributed by atoms with Gasteiger partial charge in [-0.2, -0.15) is 79.0 Å². The van der Waals surface area contributed by atoms with Crippen LogP contribution in [0.15, 0.2) is 0 Å². The fraction of sp³-hybridized carbons (Fsp3) is 1.00. The molecule has 0 aliphatic heterocycles. The largest absolute Gasteiger partial charge is 1.00 e. The summed E-state index contributed by atoms with van der Waals surface area (Å²) in [7, 11) is -14.8. The van der Waals surface area contributed by atoms with Gasteiger partial charge in [0.2, 0.25) is 0 Å². The molecular formula is C8F18KNaO6S2. The van der Waals surface area contributed by atoms with Crippen molar-refractivity contribution >= 4 is 20.2 Å². The van der Waals surface area contributed by atoms with Crippen LogP contribution in [0.25, 0.3) is 0 Å². The standard InChI is InChI=1S/2C4HF9O3S.K.Na/c2*5-1(6,3(9,10)11)2(7,8)4(12,13)17(14,15)16;;/h2*(H,14,15,16);;/q;;2*+1/p-2. The maximum absolute atomic E-state index is 12.2. The molecule has 36 heavy (non-hydrogen) atoms. The summed E-state index contributed by atoms with van der Waals surface area (Å²) in [5.41, 5.74) is 0. The van der Waals surface area contributed by atoms with Crippen LogP contribution in [0.3, 0.4) is 0 Å². The van der Waals surface area contributed by atoms with Gasteiger partial charge in [-0.25, -0.2) is 16.8 Å². The van der Waals surface area contributed by atoms with Crippen molar-refractivity contribution in [2.75, 3.05) is 0 Å². The Bertz CT molecular complexity index is 877. The Hall–Kier alpha value is 1.20. The van der Waals surface area contributed by atoms with Gasteiger partial charge in [0.1, 0.15) is 0 Å². The molecule has 0 rings (SSSR count). The molecule has 0 N–H and O–H groups in total. The van der Waals surface area contributed by atoms with Crippen molar-refractivity contribution in [1.82, 2.24) is 0 Å². The van der Waals surface area contributed by atoms with Crippen molar-refractivity contribution in [3.8, 4) is 0 Å². The predicted molar refractivity (Wildman–Crippen MR) is 61.2 cm³/mol. The van der Waals surface area contributed by atoms with Gasteiger partial charge in [0.25, 0.3) is 0 Å². The van der Waals surface area contributed by atoms with Crippen LogP contribution in [0, 0.1) is 0 Å². The molecule has 0 saturated carbocycles. The van der Waals surface area contributed by atoms with E-state index >= 15 is 0 Å². The maximum Gasteiger partial charge on any atom is 1.00 e. The number of rotatable bonds is 6. The summed E-state index contributed by atoms with van der Waals surface area (Å²) in [5, 5.41) is -14.2. The van der Waals surface area contributed by atoms with Crippen LogP contribution in [0.2, 0.25) is 0 Å². The Morgan fingerprint density at radius 1 is 0.389 bits per heavy atom. The molecule has 0 unspecified atom stereocenters. The van der Waals surface area contributed by atoms with E-state index in [1.807, 2.05) is 0 Å². The van der Waals surface area contributed by atoms with Crippen molar-refractivity contribution in [3.05, 3.63) is 0 Å². The fourth-order valence-electron chi connectivity index (χ4n) is 1.04. The Kier molecular flexibility index (Phi) is 14.7. The van der Waals surface area contributed by atoms with Gasteiger partial charge >= 0.3 is 127 Å². The number of halogens is 18. The first-order valence-corrected chi connectivity index (χ1v) is 9.13. The molecule has 0 atom stereocenters. The number of hydrogen-bond donors (Lipinski definition) is 0. The second kappa shape index (κ2) is 12.0. The van der Waals surface area contributed by atoms with Gasteiger partial charge in [-0.1, -0.05) is 0 Å². The van der Waals surface area contributed by atoms with Crippen LogP contribution in [-0.2, 0) is 20.2 Å². The summed E-state index contributed by atoms with van der Waals surface area (Å²) < 4.78 is 271. The van der Waals surface area contributed by atoms with E-state index in [0.717, 1.165) is 0 Å². The molecule has 0 aliphatic carbocycles. The molecular weight excluding hydrogens is 660 g/mol. The molecule has 0 heterocycles. The van der Waals surface area contributed by atoms with E-state index < -0.39 is 66.8 Å². The summed E-state index contributed by atoms with van der Waals surface area (Å²) in [6, 6.07) is 0. The first-order chi connectivity index (χ1) is 14.0. The van der Waals surface area contributed by atoms with Crippen molar-refractivity contribution in [2.24, 2.45) is 0 Å². The third kappa shape index (κ3) is 7.68. The number of alkyl halides is 18. The van der Waals surface area contributed by atoms with E-state index in [0.29, 0.717) is 0 Å². The van der Waals surface area contributed by atoms with Gasteiger partial charge in [0.05, 0.1) is 0 Å². The zero-order valence-electron chi connectivity index (χ0n) is 16.1.